The third-order valence-electron chi connectivity index (χ3n) is 3.82. The molecule has 1 aliphatic rings. The molecule has 0 bridgehead atoms. The van der Waals surface area contributed by atoms with Gasteiger partial charge in [0.1, 0.15) is 0 Å². The monoisotopic (exact) mass is 275 g/mol. The van der Waals surface area contributed by atoms with Crippen molar-refractivity contribution in [1.82, 2.24) is 10.2 Å². The van der Waals surface area contributed by atoms with Crippen molar-refractivity contribution in [1.29, 1.82) is 0 Å². The van der Waals surface area contributed by atoms with Crippen LogP contribution in [-0.2, 0) is 0 Å². The zero-order valence-electron chi connectivity index (χ0n) is 12.5. The number of hydrogen-bond donors (Lipinski definition) is 2. The van der Waals surface area contributed by atoms with Crippen molar-refractivity contribution < 1.29 is 4.79 Å². The lowest BCUT2D eigenvalue weighted by molar-refractivity contribution is 0.200. The molecule has 0 radical (unpaired) electrons. The highest BCUT2D eigenvalue weighted by atomic mass is 16.2. The van der Waals surface area contributed by atoms with Crippen molar-refractivity contribution in [3.05, 3.63) is 29.8 Å². The first-order valence-electron chi connectivity index (χ1n) is 7.60. The van der Waals surface area contributed by atoms with E-state index in [1.54, 1.807) is 0 Å². The van der Waals surface area contributed by atoms with Gasteiger partial charge in [-0.25, -0.2) is 4.79 Å². The van der Waals surface area contributed by atoms with Crippen LogP contribution in [0.25, 0.3) is 0 Å². The highest BCUT2D eigenvalue weighted by molar-refractivity contribution is 5.89. The Kier molecular flexibility index (Phi) is 5.41. The summed E-state index contributed by atoms with van der Waals surface area (Å²) in [6, 6.07) is 8.46. The number of urea groups is 1. The summed E-state index contributed by atoms with van der Waals surface area (Å²) in [7, 11) is 0. The third-order valence-corrected chi connectivity index (χ3v) is 3.82. The minimum Gasteiger partial charge on any atom is -0.325 e. The number of piperidine rings is 1. The Bertz CT molecular complexity index is 424. The van der Waals surface area contributed by atoms with Crippen LogP contribution in [0.15, 0.2) is 24.3 Å². The molecular formula is C16H25N3O. The lowest BCUT2D eigenvalue weighted by Gasteiger charge is -2.26. The van der Waals surface area contributed by atoms with Crippen LogP contribution in [0.1, 0.15) is 44.7 Å². The minimum atomic E-state index is 0.0252. The first-order chi connectivity index (χ1) is 9.70. The van der Waals surface area contributed by atoms with Gasteiger partial charge in [-0.05, 0) is 50.4 Å². The summed E-state index contributed by atoms with van der Waals surface area (Å²) in [4.78, 5) is 14.0. The maximum absolute atomic E-state index is 12.1. The van der Waals surface area contributed by atoms with E-state index in [0.29, 0.717) is 6.04 Å². The number of hydrogen-bond acceptors (Lipinski definition) is 2. The Morgan fingerprint density at radius 1 is 1.20 bits per heavy atom. The lowest BCUT2D eigenvalue weighted by Crippen LogP contribution is -2.38. The molecule has 0 saturated carbocycles. The zero-order chi connectivity index (χ0) is 14.4. The van der Waals surface area contributed by atoms with E-state index in [4.69, 9.17) is 0 Å². The maximum atomic E-state index is 12.1. The number of carbonyl (C=O) groups excluding carboxylic acids is 1. The molecule has 1 unspecified atom stereocenters. The van der Waals surface area contributed by atoms with Crippen LogP contribution >= 0.6 is 0 Å². The van der Waals surface area contributed by atoms with Crippen LogP contribution in [-0.4, -0.2) is 30.6 Å². The highest BCUT2D eigenvalue weighted by Gasteiger charge is 2.16. The average Bonchev–Trinajstić information content (AvgIpc) is 2.49. The van der Waals surface area contributed by atoms with E-state index < -0.39 is 0 Å². The Morgan fingerprint density at radius 2 is 1.85 bits per heavy atom. The number of nitrogens with one attached hydrogen (secondary N) is 2. The first-order valence-corrected chi connectivity index (χ1v) is 7.60. The fourth-order valence-electron chi connectivity index (χ4n) is 2.58. The van der Waals surface area contributed by atoms with Gasteiger partial charge < -0.3 is 15.5 Å². The molecule has 1 saturated heterocycles. The number of carbonyl (C=O) groups is 1. The number of nitrogens with zero attached hydrogens (tertiary/aromatic N) is 1. The number of likely N-dealkylation sites (tertiary alicyclic amines) is 1. The van der Waals surface area contributed by atoms with Gasteiger partial charge in [-0.2, -0.15) is 0 Å². The molecule has 1 aromatic carbocycles. The second-order valence-electron chi connectivity index (χ2n) is 5.38. The first kappa shape index (κ1) is 14.9. The normalized spacial score (nSPS) is 16.8. The molecule has 20 heavy (non-hydrogen) atoms. The SMILES string of the molecule is CCNC(C)c1ccc(NC(=O)N2CCCCC2)cc1. The van der Waals surface area contributed by atoms with Crippen LogP contribution in [0.5, 0.6) is 0 Å². The van der Waals surface area contributed by atoms with Crippen molar-refractivity contribution in [3.8, 4) is 0 Å². The topological polar surface area (TPSA) is 44.4 Å². The predicted molar refractivity (Wildman–Crippen MR) is 83.0 cm³/mol. The second-order valence-corrected chi connectivity index (χ2v) is 5.38. The Hall–Kier alpha value is -1.55. The van der Waals surface area contributed by atoms with Gasteiger partial charge in [0, 0.05) is 24.8 Å². The van der Waals surface area contributed by atoms with Gasteiger partial charge in [-0.3, -0.25) is 0 Å². The summed E-state index contributed by atoms with van der Waals surface area (Å²) in [6.45, 7) is 6.95. The zero-order valence-corrected chi connectivity index (χ0v) is 12.5. The van der Waals surface area contributed by atoms with E-state index >= 15 is 0 Å². The molecule has 0 aromatic heterocycles. The van der Waals surface area contributed by atoms with Crippen molar-refractivity contribution in [3.63, 3.8) is 0 Å². The molecule has 110 valence electrons. The van der Waals surface area contributed by atoms with Gasteiger partial charge in [-0.15, -0.1) is 0 Å². The van der Waals surface area contributed by atoms with E-state index in [2.05, 4.69) is 36.6 Å². The van der Waals surface area contributed by atoms with Gasteiger partial charge in [0.25, 0.3) is 0 Å². The molecule has 1 aromatic rings. The highest BCUT2D eigenvalue weighted by Crippen LogP contribution is 2.17. The summed E-state index contributed by atoms with van der Waals surface area (Å²) >= 11 is 0. The predicted octanol–water partition coefficient (Wildman–Crippen LogP) is 3.37. The van der Waals surface area contributed by atoms with Crippen molar-refractivity contribution in [2.24, 2.45) is 0 Å². The van der Waals surface area contributed by atoms with Gasteiger partial charge in [0.05, 0.1) is 0 Å². The van der Waals surface area contributed by atoms with E-state index in [9.17, 15) is 4.79 Å². The molecule has 0 aliphatic carbocycles. The smallest absolute Gasteiger partial charge is 0.321 e. The Balaban J connectivity index is 1.91. The van der Waals surface area contributed by atoms with Crippen molar-refractivity contribution >= 4 is 11.7 Å². The quantitative estimate of drug-likeness (QED) is 0.885. The van der Waals surface area contributed by atoms with Crippen molar-refractivity contribution in [2.45, 2.75) is 39.2 Å². The Labute approximate surface area is 121 Å². The molecule has 4 nitrogen and oxygen atoms in total. The standard InChI is InChI=1S/C16H25N3O/c1-3-17-13(2)14-7-9-15(10-8-14)18-16(20)19-11-5-4-6-12-19/h7-10,13,17H,3-6,11-12H2,1-2H3,(H,18,20). The average molecular weight is 275 g/mol. The lowest BCUT2D eigenvalue weighted by atomic mass is 10.1. The summed E-state index contributed by atoms with van der Waals surface area (Å²) in [5.41, 5.74) is 2.11. The van der Waals surface area contributed by atoms with Crippen LogP contribution in [0.2, 0.25) is 0 Å². The van der Waals surface area contributed by atoms with E-state index in [1.807, 2.05) is 17.0 Å². The summed E-state index contributed by atoms with van der Waals surface area (Å²) in [5.74, 6) is 0. The van der Waals surface area contributed by atoms with Gasteiger partial charge >= 0.3 is 6.03 Å². The van der Waals surface area contributed by atoms with Gasteiger partial charge in [0.15, 0.2) is 0 Å². The molecule has 1 atom stereocenters. The van der Waals surface area contributed by atoms with Gasteiger partial charge in [-0.1, -0.05) is 19.1 Å². The van der Waals surface area contributed by atoms with Crippen LogP contribution < -0.4 is 10.6 Å². The third kappa shape index (κ3) is 3.97. The maximum Gasteiger partial charge on any atom is 0.321 e. The summed E-state index contributed by atoms with van der Waals surface area (Å²) in [5, 5.41) is 6.35. The Morgan fingerprint density at radius 3 is 2.45 bits per heavy atom. The number of amides is 2. The number of benzene rings is 1. The summed E-state index contributed by atoms with van der Waals surface area (Å²) in [6.07, 6.45) is 3.47. The van der Waals surface area contributed by atoms with Gasteiger partial charge in [0.2, 0.25) is 0 Å². The molecule has 1 heterocycles. The molecule has 0 spiro atoms. The second kappa shape index (κ2) is 7.29. The van der Waals surface area contributed by atoms with Crippen LogP contribution in [0.4, 0.5) is 10.5 Å². The fourth-order valence-corrected chi connectivity index (χ4v) is 2.58. The largest absolute Gasteiger partial charge is 0.325 e. The molecule has 2 amide bonds. The van der Waals surface area contributed by atoms with Crippen molar-refractivity contribution in [2.75, 3.05) is 25.0 Å². The number of rotatable bonds is 4. The van der Waals surface area contributed by atoms with E-state index in [1.165, 1.54) is 12.0 Å². The number of anilines is 1. The van der Waals surface area contributed by atoms with Crippen LogP contribution in [0.3, 0.4) is 0 Å². The fraction of sp³-hybridized carbons (Fsp3) is 0.562. The molecule has 1 aliphatic heterocycles. The molecule has 1 fully saturated rings. The minimum absolute atomic E-state index is 0.0252. The van der Waals surface area contributed by atoms with E-state index in [0.717, 1.165) is 38.2 Å². The molecule has 2 rings (SSSR count). The van der Waals surface area contributed by atoms with E-state index in [-0.39, 0.29) is 6.03 Å². The molecular weight excluding hydrogens is 250 g/mol. The molecule has 2 N–H and O–H groups in total. The van der Waals surface area contributed by atoms with Crippen LogP contribution in [0, 0.1) is 0 Å². The summed E-state index contributed by atoms with van der Waals surface area (Å²) < 4.78 is 0. The molecule has 4 heteroatoms.